The Morgan fingerprint density at radius 1 is 1.26 bits per heavy atom. The van der Waals surface area contributed by atoms with E-state index in [4.69, 9.17) is 4.74 Å². The molecule has 142 valence electrons. The highest BCUT2D eigenvalue weighted by Crippen LogP contribution is 2.28. The Labute approximate surface area is 158 Å². The fraction of sp³-hybridized carbons (Fsp3) is 0.476. The molecule has 1 N–H and O–H groups in total. The van der Waals surface area contributed by atoms with Crippen LogP contribution in [0.25, 0.3) is 11.4 Å². The third-order valence-corrected chi connectivity index (χ3v) is 5.68. The number of nitrogens with one attached hydrogen (secondary N) is 1. The number of ether oxygens (including phenoxy) is 1. The minimum absolute atomic E-state index is 0.128. The van der Waals surface area contributed by atoms with Crippen LogP contribution in [0, 0.1) is 5.92 Å². The number of nitrogens with zero attached hydrogens (tertiary/aromatic N) is 2. The first-order valence-corrected chi connectivity index (χ1v) is 9.71. The molecule has 0 atom stereocenters. The molecule has 0 bridgehead atoms. The van der Waals surface area contributed by atoms with E-state index >= 15 is 0 Å². The van der Waals surface area contributed by atoms with Gasteiger partial charge >= 0.3 is 0 Å². The van der Waals surface area contributed by atoms with Crippen LogP contribution in [-0.2, 0) is 17.8 Å². The predicted molar refractivity (Wildman–Crippen MR) is 103 cm³/mol. The van der Waals surface area contributed by atoms with Crippen molar-refractivity contribution in [3.05, 3.63) is 45.9 Å². The third-order valence-electron chi connectivity index (χ3n) is 5.68. The lowest BCUT2D eigenvalue weighted by atomic mass is 9.88. The van der Waals surface area contributed by atoms with Crippen LogP contribution in [0.3, 0.4) is 0 Å². The number of aromatic nitrogens is 2. The molecule has 0 unspecified atom stereocenters. The quantitative estimate of drug-likeness (QED) is 0.905. The summed E-state index contributed by atoms with van der Waals surface area (Å²) < 4.78 is 5.25. The number of H-pyrrole nitrogens is 1. The van der Waals surface area contributed by atoms with Crippen molar-refractivity contribution in [3.8, 4) is 17.1 Å². The monoisotopic (exact) mass is 367 g/mol. The van der Waals surface area contributed by atoms with Gasteiger partial charge in [0, 0.05) is 24.4 Å². The van der Waals surface area contributed by atoms with Gasteiger partial charge in [-0.15, -0.1) is 0 Å². The molecular formula is C21H25N3O3. The first-order valence-electron chi connectivity index (χ1n) is 9.71. The van der Waals surface area contributed by atoms with Gasteiger partial charge in [-0.1, -0.05) is 31.4 Å². The molecule has 2 aromatic rings. The highest BCUT2D eigenvalue weighted by molar-refractivity contribution is 5.79. The van der Waals surface area contributed by atoms with Gasteiger partial charge in [-0.3, -0.25) is 9.59 Å². The minimum atomic E-state index is -0.154. The Morgan fingerprint density at radius 3 is 2.85 bits per heavy atom. The van der Waals surface area contributed by atoms with Crippen molar-refractivity contribution < 1.29 is 9.53 Å². The Balaban J connectivity index is 1.58. The minimum Gasteiger partial charge on any atom is -0.497 e. The summed E-state index contributed by atoms with van der Waals surface area (Å²) in [7, 11) is 1.61. The summed E-state index contributed by atoms with van der Waals surface area (Å²) in [6, 6.07) is 7.48. The molecular weight excluding hydrogens is 342 g/mol. The average Bonchev–Trinajstić information content (AvgIpc) is 2.73. The van der Waals surface area contributed by atoms with Gasteiger partial charge in [0.2, 0.25) is 5.91 Å². The number of methoxy groups -OCH3 is 1. The van der Waals surface area contributed by atoms with Gasteiger partial charge in [0.25, 0.3) is 5.56 Å². The van der Waals surface area contributed by atoms with Gasteiger partial charge in [0.05, 0.1) is 24.9 Å². The summed E-state index contributed by atoms with van der Waals surface area (Å²) in [5, 5.41) is 0. The molecule has 2 heterocycles. The van der Waals surface area contributed by atoms with E-state index in [1.165, 1.54) is 6.42 Å². The number of amides is 1. The molecule has 1 amide bonds. The molecule has 6 heteroatoms. The Kier molecular flexibility index (Phi) is 4.97. The average molecular weight is 367 g/mol. The number of carbonyl (C=O) groups is 1. The first-order chi connectivity index (χ1) is 13.2. The number of fused-ring (bicyclic) bond motifs is 1. The fourth-order valence-corrected chi connectivity index (χ4v) is 4.13. The normalized spacial score (nSPS) is 17.4. The Bertz CT molecular complexity index is 900. The molecule has 0 radical (unpaired) electrons. The largest absolute Gasteiger partial charge is 0.497 e. The van der Waals surface area contributed by atoms with E-state index in [0.717, 1.165) is 42.7 Å². The maximum Gasteiger partial charge on any atom is 0.256 e. The molecule has 6 nitrogen and oxygen atoms in total. The zero-order valence-corrected chi connectivity index (χ0v) is 15.7. The highest BCUT2D eigenvalue weighted by atomic mass is 16.5. The van der Waals surface area contributed by atoms with Gasteiger partial charge in [0.15, 0.2) is 0 Å². The Hall–Kier alpha value is -2.63. The number of rotatable bonds is 3. The van der Waals surface area contributed by atoms with Crippen LogP contribution >= 0.6 is 0 Å². The Morgan fingerprint density at radius 2 is 2.07 bits per heavy atom. The molecule has 1 aliphatic heterocycles. The second kappa shape index (κ2) is 7.55. The van der Waals surface area contributed by atoms with Crippen molar-refractivity contribution in [2.75, 3.05) is 13.7 Å². The summed E-state index contributed by atoms with van der Waals surface area (Å²) in [6.07, 6.45) is 6.06. The molecule has 2 aliphatic rings. The summed E-state index contributed by atoms with van der Waals surface area (Å²) in [4.78, 5) is 34.9. The van der Waals surface area contributed by atoms with Gasteiger partial charge in [-0.2, -0.15) is 0 Å². The van der Waals surface area contributed by atoms with Crippen molar-refractivity contribution >= 4 is 5.91 Å². The van der Waals surface area contributed by atoms with Gasteiger partial charge in [-0.05, 0) is 25.0 Å². The number of hydrogen-bond donors (Lipinski definition) is 1. The summed E-state index contributed by atoms with van der Waals surface area (Å²) in [5.41, 5.74) is 2.08. The second-order valence-corrected chi connectivity index (χ2v) is 7.42. The number of benzene rings is 1. The topological polar surface area (TPSA) is 75.3 Å². The second-order valence-electron chi connectivity index (χ2n) is 7.42. The molecule has 1 aliphatic carbocycles. The van der Waals surface area contributed by atoms with Crippen LogP contribution in [0.5, 0.6) is 5.75 Å². The number of carbonyl (C=O) groups excluding carboxylic acids is 1. The standard InChI is InChI=1S/C21H25N3O3/c1-27-16-9-5-8-15(12-16)19-22-18-10-11-24(13-17(18)20(25)23-19)21(26)14-6-3-2-4-7-14/h5,8-9,12,14H,2-4,6-7,10-11,13H2,1H3,(H,22,23,25). The van der Waals surface area contributed by atoms with Gasteiger partial charge in [-0.25, -0.2) is 4.98 Å². The van der Waals surface area contributed by atoms with E-state index < -0.39 is 0 Å². The van der Waals surface area contributed by atoms with E-state index in [9.17, 15) is 9.59 Å². The molecule has 1 fully saturated rings. The predicted octanol–water partition coefficient (Wildman–Crippen LogP) is 2.91. The van der Waals surface area contributed by atoms with E-state index in [1.807, 2.05) is 29.2 Å². The SMILES string of the molecule is COc1cccc(-c2nc3c(c(=O)[nH]2)CN(C(=O)C2CCCCC2)CC3)c1. The molecule has 1 saturated carbocycles. The first kappa shape index (κ1) is 17.8. The van der Waals surface area contributed by atoms with Crippen molar-refractivity contribution in [1.82, 2.24) is 14.9 Å². The third kappa shape index (κ3) is 3.61. The highest BCUT2D eigenvalue weighted by Gasteiger charge is 2.30. The lowest BCUT2D eigenvalue weighted by Gasteiger charge is -2.32. The van der Waals surface area contributed by atoms with Crippen molar-refractivity contribution in [1.29, 1.82) is 0 Å². The summed E-state index contributed by atoms with van der Waals surface area (Å²) >= 11 is 0. The maximum atomic E-state index is 12.8. The fourth-order valence-electron chi connectivity index (χ4n) is 4.13. The number of aromatic amines is 1. The number of hydrogen-bond acceptors (Lipinski definition) is 4. The lowest BCUT2D eigenvalue weighted by Crippen LogP contribution is -2.42. The van der Waals surface area contributed by atoms with Crippen molar-refractivity contribution in [3.63, 3.8) is 0 Å². The van der Waals surface area contributed by atoms with Crippen LogP contribution in [-0.4, -0.2) is 34.4 Å². The van der Waals surface area contributed by atoms with Crippen LogP contribution in [0.15, 0.2) is 29.1 Å². The molecule has 0 spiro atoms. The van der Waals surface area contributed by atoms with Crippen LogP contribution in [0.4, 0.5) is 0 Å². The van der Waals surface area contributed by atoms with Crippen molar-refractivity contribution in [2.45, 2.75) is 45.1 Å². The lowest BCUT2D eigenvalue weighted by molar-refractivity contribution is -0.137. The molecule has 4 rings (SSSR count). The van der Waals surface area contributed by atoms with Crippen LogP contribution in [0.1, 0.15) is 43.4 Å². The van der Waals surface area contributed by atoms with Gasteiger partial charge < -0.3 is 14.6 Å². The van der Waals surface area contributed by atoms with E-state index in [2.05, 4.69) is 9.97 Å². The van der Waals surface area contributed by atoms with E-state index in [1.54, 1.807) is 7.11 Å². The molecule has 0 saturated heterocycles. The van der Waals surface area contributed by atoms with Crippen LogP contribution in [0.2, 0.25) is 0 Å². The molecule has 1 aromatic heterocycles. The zero-order valence-electron chi connectivity index (χ0n) is 15.7. The van der Waals surface area contributed by atoms with E-state index in [0.29, 0.717) is 30.9 Å². The summed E-state index contributed by atoms with van der Waals surface area (Å²) in [6.45, 7) is 1.00. The van der Waals surface area contributed by atoms with Crippen LogP contribution < -0.4 is 10.3 Å². The van der Waals surface area contributed by atoms with Gasteiger partial charge in [0.1, 0.15) is 11.6 Å². The smallest absolute Gasteiger partial charge is 0.256 e. The zero-order chi connectivity index (χ0) is 18.8. The molecule has 27 heavy (non-hydrogen) atoms. The molecule has 1 aromatic carbocycles. The van der Waals surface area contributed by atoms with Crippen molar-refractivity contribution in [2.24, 2.45) is 5.92 Å². The van der Waals surface area contributed by atoms with E-state index in [-0.39, 0.29) is 17.4 Å². The summed E-state index contributed by atoms with van der Waals surface area (Å²) in [5.74, 6) is 1.60. The maximum absolute atomic E-state index is 12.8.